The van der Waals surface area contributed by atoms with Crippen molar-refractivity contribution in [3.63, 3.8) is 0 Å². The molecule has 9 nitrogen and oxygen atoms in total. The number of rotatable bonds is 6. The molecule has 0 spiro atoms. The fourth-order valence-corrected chi connectivity index (χ4v) is 5.32. The van der Waals surface area contributed by atoms with Gasteiger partial charge in [-0.05, 0) is 96.7 Å². The number of carbonyl (C=O) groups excluding carboxylic acids is 3. The van der Waals surface area contributed by atoms with Crippen LogP contribution in [-0.4, -0.2) is 53.6 Å². The van der Waals surface area contributed by atoms with Crippen LogP contribution in [0.15, 0.2) is 47.4 Å². The summed E-state index contributed by atoms with van der Waals surface area (Å²) in [6.45, 7) is 1.01. The zero-order valence-corrected chi connectivity index (χ0v) is 22.0. The zero-order chi connectivity index (χ0) is 26.4. The quantitative estimate of drug-likeness (QED) is 0.416. The molecule has 198 valence electrons. The van der Waals surface area contributed by atoms with Gasteiger partial charge in [0, 0.05) is 30.9 Å². The number of nitrogens with one attached hydrogen (secondary N) is 2. The van der Waals surface area contributed by atoms with E-state index < -0.39 is 11.2 Å². The lowest BCUT2D eigenvalue weighted by Gasteiger charge is -2.32. The first-order valence-corrected chi connectivity index (χ1v) is 14.0. The van der Waals surface area contributed by atoms with Crippen molar-refractivity contribution in [2.75, 3.05) is 30.5 Å². The van der Waals surface area contributed by atoms with Crippen LogP contribution in [0.4, 0.5) is 21.0 Å². The van der Waals surface area contributed by atoms with Crippen molar-refractivity contribution in [1.29, 1.82) is 0 Å². The molecule has 1 aliphatic carbocycles. The summed E-state index contributed by atoms with van der Waals surface area (Å²) in [7, 11) is 1.40. The Morgan fingerprint density at radius 3 is 2.35 bits per heavy atom. The monoisotopic (exact) mass is 527 g/mol. The van der Waals surface area contributed by atoms with Crippen LogP contribution in [0.5, 0.6) is 0 Å². The summed E-state index contributed by atoms with van der Waals surface area (Å²) in [6, 6.07) is 12.2. The minimum atomic E-state index is -1.07. The molecule has 1 fully saturated rings. The first-order valence-electron chi connectivity index (χ1n) is 12.5. The van der Waals surface area contributed by atoms with Crippen molar-refractivity contribution in [2.45, 2.75) is 56.1 Å². The lowest BCUT2D eigenvalue weighted by atomic mass is 9.85. The van der Waals surface area contributed by atoms with E-state index in [4.69, 9.17) is 9.47 Å². The van der Waals surface area contributed by atoms with Crippen LogP contribution in [0.25, 0.3) is 0 Å². The van der Waals surface area contributed by atoms with E-state index in [1.165, 1.54) is 7.11 Å². The third kappa shape index (κ3) is 7.39. The van der Waals surface area contributed by atoms with Gasteiger partial charge in [-0.3, -0.25) is 4.79 Å². The molecule has 2 aromatic rings. The van der Waals surface area contributed by atoms with Gasteiger partial charge >= 0.3 is 18.1 Å². The van der Waals surface area contributed by atoms with Gasteiger partial charge in [-0.15, -0.1) is 0 Å². The Bertz CT molecular complexity index is 1120. The highest BCUT2D eigenvalue weighted by atomic mass is 32.2. The maximum absolute atomic E-state index is 12.8. The Morgan fingerprint density at radius 1 is 1.00 bits per heavy atom. The summed E-state index contributed by atoms with van der Waals surface area (Å²) in [5.74, 6) is 0.107. The lowest BCUT2D eigenvalue weighted by molar-refractivity contribution is -0.142. The minimum absolute atomic E-state index is 0.117. The molecule has 3 amide bonds. The molecule has 2 aliphatic rings. The second-order valence-electron chi connectivity index (χ2n) is 9.52. The van der Waals surface area contributed by atoms with Crippen molar-refractivity contribution < 1.29 is 28.4 Å². The summed E-state index contributed by atoms with van der Waals surface area (Å²) in [6.07, 6.45) is 5.50. The number of anilines is 2. The second kappa shape index (κ2) is 12.3. The Morgan fingerprint density at radius 2 is 1.68 bits per heavy atom. The molecule has 10 heteroatoms. The van der Waals surface area contributed by atoms with E-state index in [1.54, 1.807) is 35.4 Å². The van der Waals surface area contributed by atoms with Crippen LogP contribution in [0.2, 0.25) is 0 Å². The number of hydrogen-bond acceptors (Lipinski definition) is 6. The molecule has 2 N–H and O–H groups in total. The van der Waals surface area contributed by atoms with Crippen LogP contribution in [0, 0.1) is 5.92 Å². The van der Waals surface area contributed by atoms with Crippen LogP contribution in [-0.2, 0) is 38.4 Å². The van der Waals surface area contributed by atoms with E-state index in [-0.39, 0.29) is 24.2 Å². The number of carbonyl (C=O) groups is 3. The highest BCUT2D eigenvalue weighted by molar-refractivity contribution is 7.90. The predicted molar refractivity (Wildman–Crippen MR) is 141 cm³/mol. The van der Waals surface area contributed by atoms with Gasteiger partial charge in [0.1, 0.15) is 12.4 Å². The SMILES string of the molecule is COC(=O)CC1CCC(OC(=O)N2CCc3cc(NC(=O)Nc4ccc([S+](C)[O-])cc4)ccc3C2)CC1. The van der Waals surface area contributed by atoms with E-state index >= 15 is 0 Å². The van der Waals surface area contributed by atoms with Gasteiger partial charge in [0.2, 0.25) is 0 Å². The molecule has 37 heavy (non-hydrogen) atoms. The number of benzene rings is 2. The Hall–Kier alpha value is -3.24. The zero-order valence-electron chi connectivity index (χ0n) is 21.2. The number of methoxy groups -OCH3 is 1. The Labute approximate surface area is 220 Å². The van der Waals surface area contributed by atoms with Gasteiger partial charge in [0.05, 0.1) is 7.11 Å². The summed E-state index contributed by atoms with van der Waals surface area (Å²) < 4.78 is 22.0. The third-order valence-electron chi connectivity index (χ3n) is 6.92. The van der Waals surface area contributed by atoms with Gasteiger partial charge < -0.3 is 29.6 Å². The number of ether oxygens (including phenoxy) is 2. The molecule has 1 saturated carbocycles. The third-order valence-corrected chi connectivity index (χ3v) is 7.86. The van der Waals surface area contributed by atoms with E-state index in [9.17, 15) is 18.9 Å². The topological polar surface area (TPSA) is 120 Å². The molecule has 0 aromatic heterocycles. The average Bonchev–Trinajstić information content (AvgIpc) is 2.89. The summed E-state index contributed by atoms with van der Waals surface area (Å²) >= 11 is -1.07. The van der Waals surface area contributed by atoms with Crippen molar-refractivity contribution >= 4 is 40.6 Å². The van der Waals surface area contributed by atoms with E-state index in [0.717, 1.165) is 36.8 Å². The molecule has 1 unspecified atom stereocenters. The van der Waals surface area contributed by atoms with Gasteiger partial charge in [0.25, 0.3) is 0 Å². The van der Waals surface area contributed by atoms with Crippen molar-refractivity contribution in [2.24, 2.45) is 5.92 Å². The molecule has 0 bridgehead atoms. The van der Waals surface area contributed by atoms with Gasteiger partial charge in [0.15, 0.2) is 4.90 Å². The fourth-order valence-electron chi connectivity index (χ4n) is 4.80. The van der Waals surface area contributed by atoms with Crippen LogP contribution in [0.1, 0.15) is 43.2 Å². The highest BCUT2D eigenvalue weighted by Crippen LogP contribution is 2.30. The standard InChI is InChI=1S/C27H33N3O6S/c1-35-25(31)15-18-3-9-23(10-4-18)36-27(33)30-14-13-19-16-22(6-5-20(19)17-30)29-26(32)28-21-7-11-24(12-8-21)37(2)34/h5-8,11-12,16,18,23H,3-4,9-10,13-15,17H2,1-2H3,(H2,28,29,32). The first kappa shape index (κ1) is 26.8. The smallest absolute Gasteiger partial charge is 0.410 e. The summed E-state index contributed by atoms with van der Waals surface area (Å²) in [5, 5.41) is 5.61. The second-order valence-corrected chi connectivity index (χ2v) is 10.9. The van der Waals surface area contributed by atoms with Crippen molar-refractivity contribution in [3.8, 4) is 0 Å². The van der Waals surface area contributed by atoms with Gasteiger partial charge in [-0.1, -0.05) is 6.07 Å². The summed E-state index contributed by atoms with van der Waals surface area (Å²) in [4.78, 5) is 39.1. The van der Waals surface area contributed by atoms with Crippen molar-refractivity contribution in [1.82, 2.24) is 4.90 Å². The molecule has 1 aliphatic heterocycles. The average molecular weight is 528 g/mol. The predicted octanol–water partition coefficient (Wildman–Crippen LogP) is 4.68. The molecule has 1 heterocycles. The summed E-state index contributed by atoms with van der Waals surface area (Å²) in [5.41, 5.74) is 3.39. The number of hydrogen-bond donors (Lipinski definition) is 2. The number of esters is 1. The molecule has 0 saturated heterocycles. The largest absolute Gasteiger partial charge is 0.612 e. The lowest BCUT2D eigenvalue weighted by Crippen LogP contribution is -2.39. The maximum atomic E-state index is 12.8. The molecular weight excluding hydrogens is 494 g/mol. The fraction of sp³-hybridized carbons (Fsp3) is 0.444. The van der Waals surface area contributed by atoms with E-state index in [1.807, 2.05) is 18.2 Å². The van der Waals surface area contributed by atoms with Crippen LogP contribution >= 0.6 is 0 Å². The molecule has 0 radical (unpaired) electrons. The number of nitrogens with zero attached hydrogens (tertiary/aromatic N) is 1. The number of fused-ring (bicyclic) bond motifs is 1. The first-order chi connectivity index (χ1) is 17.8. The maximum Gasteiger partial charge on any atom is 0.410 e. The van der Waals surface area contributed by atoms with Gasteiger partial charge in [-0.25, -0.2) is 9.59 Å². The number of urea groups is 1. The van der Waals surface area contributed by atoms with E-state index in [2.05, 4.69) is 10.6 Å². The molecule has 1 atom stereocenters. The Kier molecular flexibility index (Phi) is 8.94. The van der Waals surface area contributed by atoms with E-state index in [0.29, 0.717) is 48.1 Å². The molecule has 4 rings (SSSR count). The van der Waals surface area contributed by atoms with Crippen LogP contribution < -0.4 is 10.6 Å². The van der Waals surface area contributed by atoms with Gasteiger partial charge in [-0.2, -0.15) is 0 Å². The van der Waals surface area contributed by atoms with Crippen LogP contribution in [0.3, 0.4) is 0 Å². The molecule has 2 aromatic carbocycles. The minimum Gasteiger partial charge on any atom is -0.612 e. The normalized spacial score (nSPS) is 19.8. The Balaban J connectivity index is 1.25. The van der Waals surface area contributed by atoms with Crippen molar-refractivity contribution in [3.05, 3.63) is 53.6 Å². The molecular formula is C27H33N3O6S. The highest BCUT2D eigenvalue weighted by Gasteiger charge is 2.29. The number of amides is 3.